The summed E-state index contributed by atoms with van der Waals surface area (Å²) >= 11 is 6.25. The second kappa shape index (κ2) is 12.4. The Morgan fingerprint density at radius 2 is 1.81 bits per heavy atom. The van der Waals surface area contributed by atoms with E-state index in [1.807, 2.05) is 0 Å². The van der Waals surface area contributed by atoms with Crippen LogP contribution in [0.5, 0.6) is 5.75 Å². The highest BCUT2D eigenvalue weighted by Gasteiger charge is 2.26. The lowest BCUT2D eigenvalue weighted by molar-refractivity contribution is -0.119. The number of pyridine rings is 1. The molecule has 1 amide bonds. The Labute approximate surface area is 242 Å². The summed E-state index contributed by atoms with van der Waals surface area (Å²) in [6.45, 7) is 0.180. The third kappa shape index (κ3) is 5.97. The van der Waals surface area contributed by atoms with Crippen LogP contribution in [0.25, 0.3) is 33.6 Å². The maximum Gasteiger partial charge on any atom is 0.314 e. The van der Waals surface area contributed by atoms with Gasteiger partial charge in [-0.05, 0) is 42.0 Å². The normalized spacial score (nSPS) is 12.0. The van der Waals surface area contributed by atoms with Crippen LogP contribution in [0.2, 0.25) is 5.02 Å². The van der Waals surface area contributed by atoms with Crippen LogP contribution in [0.15, 0.2) is 70.3 Å². The molecular formula is C28H23ClF2N6O5. The second-order valence-electron chi connectivity index (χ2n) is 8.98. The van der Waals surface area contributed by atoms with E-state index >= 15 is 0 Å². The van der Waals surface area contributed by atoms with Gasteiger partial charge in [0.1, 0.15) is 11.8 Å². The highest BCUT2D eigenvalue weighted by atomic mass is 35.5. The molecular weight excluding hydrogens is 574 g/mol. The van der Waals surface area contributed by atoms with Crippen LogP contribution >= 0.6 is 11.6 Å². The lowest BCUT2D eigenvalue weighted by Gasteiger charge is -2.21. The zero-order valence-electron chi connectivity index (χ0n) is 22.3. The molecule has 0 aliphatic rings. The van der Waals surface area contributed by atoms with E-state index in [-0.39, 0.29) is 35.8 Å². The van der Waals surface area contributed by atoms with E-state index in [2.05, 4.69) is 25.5 Å². The summed E-state index contributed by atoms with van der Waals surface area (Å²) < 4.78 is 43.4. The number of carbonyl (C=O) groups is 1. The zero-order valence-corrected chi connectivity index (χ0v) is 23.0. The minimum atomic E-state index is -2.96. The molecule has 0 aliphatic carbocycles. The van der Waals surface area contributed by atoms with Gasteiger partial charge in [-0.1, -0.05) is 11.6 Å². The van der Waals surface area contributed by atoms with E-state index in [1.54, 1.807) is 30.6 Å². The van der Waals surface area contributed by atoms with Gasteiger partial charge in [-0.25, -0.2) is 0 Å². The van der Waals surface area contributed by atoms with Crippen LogP contribution in [0, 0.1) is 0 Å². The topological polar surface area (TPSA) is 134 Å². The van der Waals surface area contributed by atoms with Crippen molar-refractivity contribution in [3.63, 3.8) is 0 Å². The Morgan fingerprint density at radius 1 is 1.02 bits per heavy atom. The molecule has 0 saturated heterocycles. The average molecular weight is 597 g/mol. The molecule has 5 rings (SSSR count). The summed E-state index contributed by atoms with van der Waals surface area (Å²) in [5.74, 6) is -1.32. The van der Waals surface area contributed by atoms with Gasteiger partial charge < -0.3 is 19.2 Å². The van der Waals surface area contributed by atoms with Crippen molar-refractivity contribution in [2.75, 3.05) is 26.1 Å². The molecule has 5 aromatic rings. The minimum absolute atomic E-state index is 0.166. The summed E-state index contributed by atoms with van der Waals surface area (Å²) in [6.07, 6.45) is 1.72. The largest absolute Gasteiger partial charge is 0.495 e. The maximum atomic E-state index is 13.5. The Morgan fingerprint density at radius 3 is 2.52 bits per heavy atom. The quantitative estimate of drug-likeness (QED) is 0.227. The number of nitrogens with one attached hydrogen (secondary N) is 1. The average Bonchev–Trinajstić information content (AvgIpc) is 3.48. The number of nitrogens with zero attached hydrogens (tertiary/aromatic N) is 5. The number of rotatable bonds is 10. The van der Waals surface area contributed by atoms with Gasteiger partial charge in [0.05, 0.1) is 24.3 Å². The van der Waals surface area contributed by atoms with Crippen molar-refractivity contribution in [2.45, 2.75) is 18.9 Å². The van der Waals surface area contributed by atoms with Gasteiger partial charge >= 0.3 is 6.43 Å². The third-order valence-corrected chi connectivity index (χ3v) is 6.60. The molecule has 11 nitrogen and oxygen atoms in total. The monoisotopic (exact) mass is 596 g/mol. The number of halogens is 3. The Kier molecular flexibility index (Phi) is 8.50. The minimum Gasteiger partial charge on any atom is -0.495 e. The third-order valence-electron chi connectivity index (χ3n) is 6.36. The van der Waals surface area contributed by atoms with E-state index in [9.17, 15) is 18.4 Å². The van der Waals surface area contributed by atoms with E-state index in [1.165, 1.54) is 49.2 Å². The summed E-state index contributed by atoms with van der Waals surface area (Å²) in [7, 11) is 2.88. The number of fused-ring (bicyclic) bond motifs is 1. The summed E-state index contributed by atoms with van der Waals surface area (Å²) in [5, 5.41) is 10.2. The zero-order chi connectivity index (χ0) is 29.8. The van der Waals surface area contributed by atoms with Crippen molar-refractivity contribution >= 4 is 34.2 Å². The van der Waals surface area contributed by atoms with Gasteiger partial charge in [0.25, 0.3) is 11.4 Å². The van der Waals surface area contributed by atoms with E-state index in [4.69, 9.17) is 25.5 Å². The summed E-state index contributed by atoms with van der Waals surface area (Å²) in [5.41, 5.74) is 2.02. The first-order chi connectivity index (χ1) is 20.3. The number of aromatic nitrogens is 5. The summed E-state index contributed by atoms with van der Waals surface area (Å²) in [6, 6.07) is 9.91. The van der Waals surface area contributed by atoms with Crippen LogP contribution in [0.3, 0.4) is 0 Å². The van der Waals surface area contributed by atoms with Gasteiger partial charge in [-0.3, -0.25) is 24.1 Å². The number of hydrogen-bond acceptors (Lipinski definition) is 9. The first kappa shape index (κ1) is 28.8. The molecule has 1 N–H and O–H groups in total. The molecule has 0 aliphatic heterocycles. The van der Waals surface area contributed by atoms with Crippen LogP contribution < -0.4 is 15.6 Å². The number of hydrogen-bond donors (Lipinski definition) is 1. The molecule has 216 valence electrons. The lowest BCUT2D eigenvalue weighted by Crippen LogP contribution is -2.34. The number of amides is 1. The highest BCUT2D eigenvalue weighted by Crippen LogP contribution is 2.38. The van der Waals surface area contributed by atoms with Gasteiger partial charge in [0.2, 0.25) is 11.8 Å². The highest BCUT2D eigenvalue weighted by molar-refractivity contribution is 6.31. The number of alkyl halides is 2. The Balaban J connectivity index is 1.54. The summed E-state index contributed by atoms with van der Waals surface area (Å²) in [4.78, 5) is 35.5. The fourth-order valence-corrected chi connectivity index (χ4v) is 4.57. The maximum absolute atomic E-state index is 13.5. The fourth-order valence-electron chi connectivity index (χ4n) is 4.40. The molecule has 2 aromatic carbocycles. The molecule has 0 spiro atoms. The van der Waals surface area contributed by atoms with E-state index in [0.29, 0.717) is 27.3 Å². The predicted molar refractivity (Wildman–Crippen MR) is 150 cm³/mol. The molecule has 1 unspecified atom stereocenters. The number of ether oxygens (including phenoxy) is 2. The molecule has 42 heavy (non-hydrogen) atoms. The van der Waals surface area contributed by atoms with Gasteiger partial charge in [-0.15, -0.1) is 10.2 Å². The van der Waals surface area contributed by atoms with E-state index < -0.39 is 29.8 Å². The molecule has 3 heterocycles. The molecule has 0 saturated carbocycles. The molecule has 0 radical (unpaired) electrons. The molecule has 0 bridgehead atoms. The number of anilines is 1. The van der Waals surface area contributed by atoms with Crippen molar-refractivity contribution in [2.24, 2.45) is 0 Å². The van der Waals surface area contributed by atoms with Crippen LogP contribution in [0.4, 0.5) is 14.5 Å². The SMILES string of the molecule is COCCC(C(=O)Nc1ccc2nccnc2c1)n1cc(OC)c(-c2cc(Cl)ccc2-c2nnc(C(F)F)o2)cc1=O. The van der Waals surface area contributed by atoms with Gasteiger partial charge in [-0.2, -0.15) is 8.78 Å². The van der Waals surface area contributed by atoms with E-state index in [0.717, 1.165) is 0 Å². The van der Waals surface area contributed by atoms with Crippen molar-refractivity contribution in [3.05, 3.63) is 82.3 Å². The predicted octanol–water partition coefficient (Wildman–Crippen LogP) is 5.32. The van der Waals surface area contributed by atoms with Gasteiger partial charge in [0, 0.05) is 60.4 Å². The molecule has 1 atom stereocenters. The fraction of sp³-hybridized carbons (Fsp3) is 0.214. The first-order valence-electron chi connectivity index (χ1n) is 12.5. The van der Waals surface area contributed by atoms with Crippen molar-refractivity contribution in [3.8, 4) is 28.3 Å². The van der Waals surface area contributed by atoms with Crippen molar-refractivity contribution in [1.82, 2.24) is 24.7 Å². The van der Waals surface area contributed by atoms with Gasteiger partial charge in [0.15, 0.2) is 0 Å². The second-order valence-corrected chi connectivity index (χ2v) is 9.42. The molecule has 3 aromatic heterocycles. The van der Waals surface area contributed by atoms with Crippen LogP contribution in [0.1, 0.15) is 24.8 Å². The standard InChI is InChI=1S/C28H23ClF2N6O5/c1-40-10-7-22(26(39)34-16-4-6-20-21(12-16)33-9-8-32-20)37-14-23(41-2)19(13-24(37)38)18-11-15(29)3-5-17(18)27-35-36-28(42-27)25(30)31/h3-6,8-9,11-14,22,25H,7,10H2,1-2H3,(H,34,39). The van der Waals surface area contributed by atoms with Crippen LogP contribution in [-0.4, -0.2) is 51.5 Å². The van der Waals surface area contributed by atoms with Crippen LogP contribution in [-0.2, 0) is 9.53 Å². The lowest BCUT2D eigenvalue weighted by atomic mass is 9.99. The number of carbonyl (C=O) groups excluding carboxylic acids is 1. The molecule has 14 heteroatoms. The first-order valence-corrected chi connectivity index (χ1v) is 12.9. The van der Waals surface area contributed by atoms with Crippen molar-refractivity contribution < 1.29 is 27.5 Å². The number of benzene rings is 2. The smallest absolute Gasteiger partial charge is 0.314 e. The van der Waals surface area contributed by atoms with Crippen molar-refractivity contribution in [1.29, 1.82) is 0 Å². The Hall–Kier alpha value is -4.75. The molecule has 0 fully saturated rings. The number of methoxy groups -OCH3 is 2. The Bertz CT molecular complexity index is 1810.